The summed E-state index contributed by atoms with van der Waals surface area (Å²) in [6.45, 7) is 0.691. The average molecular weight is 475 g/mol. The largest absolute Gasteiger partial charge is 0.323 e. The molecule has 2 heterocycles. The maximum Gasteiger partial charge on any atom is 0.269 e. The van der Waals surface area contributed by atoms with Crippen LogP contribution in [-0.4, -0.2) is 41.3 Å². The number of halogens is 1. The van der Waals surface area contributed by atoms with Gasteiger partial charge in [-0.25, -0.2) is 13.4 Å². The normalized spacial score (nSPS) is 15.4. The van der Waals surface area contributed by atoms with Gasteiger partial charge in [-0.3, -0.25) is 14.2 Å². The highest BCUT2D eigenvalue weighted by Gasteiger charge is 2.26. The van der Waals surface area contributed by atoms with E-state index in [1.54, 1.807) is 24.3 Å². The molecule has 0 unspecified atom stereocenters. The van der Waals surface area contributed by atoms with E-state index >= 15 is 0 Å². The molecule has 8 nitrogen and oxygen atoms in total. The smallest absolute Gasteiger partial charge is 0.269 e. The molecule has 1 fully saturated rings. The van der Waals surface area contributed by atoms with Crippen LogP contribution in [0, 0.1) is 0 Å². The van der Waals surface area contributed by atoms with E-state index in [1.165, 1.54) is 27.1 Å². The zero-order valence-corrected chi connectivity index (χ0v) is 18.9. The Bertz CT molecular complexity index is 1320. The molecule has 0 radical (unpaired) electrons. The van der Waals surface area contributed by atoms with Crippen molar-refractivity contribution in [3.8, 4) is 0 Å². The molecule has 0 spiro atoms. The van der Waals surface area contributed by atoms with Gasteiger partial charge in [-0.05, 0) is 43.2 Å². The van der Waals surface area contributed by atoms with Gasteiger partial charge in [0.15, 0.2) is 0 Å². The van der Waals surface area contributed by atoms with Gasteiger partial charge in [0.1, 0.15) is 6.54 Å². The van der Waals surface area contributed by atoms with E-state index in [2.05, 4.69) is 10.3 Å². The van der Waals surface area contributed by atoms with Crippen molar-refractivity contribution in [3.05, 3.63) is 64.0 Å². The van der Waals surface area contributed by atoms with Crippen molar-refractivity contribution in [2.45, 2.75) is 37.1 Å². The van der Waals surface area contributed by atoms with Crippen LogP contribution in [0.1, 0.15) is 25.7 Å². The minimum Gasteiger partial charge on any atom is -0.323 e. The predicted octanol–water partition coefficient (Wildman–Crippen LogP) is 3.25. The Balaban J connectivity index is 1.58. The van der Waals surface area contributed by atoms with Crippen molar-refractivity contribution in [1.29, 1.82) is 0 Å². The molecule has 0 saturated carbocycles. The second-order valence-corrected chi connectivity index (χ2v) is 10.0. The second kappa shape index (κ2) is 9.40. The molecule has 1 aromatic heterocycles. The number of hydrogen-bond acceptors (Lipinski definition) is 5. The van der Waals surface area contributed by atoms with Gasteiger partial charge in [0.25, 0.3) is 5.56 Å². The molecule has 4 rings (SSSR count). The third-order valence-corrected chi connectivity index (χ3v) is 7.69. The Morgan fingerprint density at radius 3 is 2.53 bits per heavy atom. The van der Waals surface area contributed by atoms with Crippen molar-refractivity contribution in [1.82, 2.24) is 13.9 Å². The number of amides is 1. The van der Waals surface area contributed by atoms with E-state index in [-0.39, 0.29) is 22.2 Å². The number of carbonyl (C=O) groups excluding carboxylic acids is 1. The first-order chi connectivity index (χ1) is 15.4. The van der Waals surface area contributed by atoms with Gasteiger partial charge < -0.3 is 5.32 Å². The zero-order chi connectivity index (χ0) is 22.7. The lowest BCUT2D eigenvalue weighted by atomic mass is 10.2. The number of nitrogens with one attached hydrogen (secondary N) is 1. The van der Waals surface area contributed by atoms with E-state index < -0.39 is 21.5 Å². The first-order valence-electron chi connectivity index (χ1n) is 10.4. The molecule has 0 bridgehead atoms. The fraction of sp³-hybridized carbons (Fsp3) is 0.318. The molecule has 1 aliphatic rings. The maximum atomic E-state index is 13.1. The third-order valence-electron chi connectivity index (χ3n) is 5.47. The quantitative estimate of drug-likeness (QED) is 0.611. The van der Waals surface area contributed by atoms with E-state index in [0.717, 1.165) is 31.9 Å². The fourth-order valence-corrected chi connectivity index (χ4v) is 5.51. The van der Waals surface area contributed by atoms with E-state index in [9.17, 15) is 18.0 Å². The summed E-state index contributed by atoms with van der Waals surface area (Å²) < 4.78 is 29.0. The van der Waals surface area contributed by atoms with Gasteiger partial charge in [0.05, 0.1) is 32.8 Å². The number of aromatic nitrogens is 2. The summed E-state index contributed by atoms with van der Waals surface area (Å²) in [5, 5.41) is 2.85. The van der Waals surface area contributed by atoms with Crippen LogP contribution in [-0.2, 0) is 21.4 Å². The first-order valence-corrected chi connectivity index (χ1v) is 12.2. The molecule has 1 aliphatic heterocycles. The molecule has 0 aliphatic carbocycles. The van der Waals surface area contributed by atoms with Crippen LogP contribution < -0.4 is 10.9 Å². The van der Waals surface area contributed by atoms with Crippen molar-refractivity contribution in [2.75, 3.05) is 18.4 Å². The van der Waals surface area contributed by atoms with E-state index in [4.69, 9.17) is 11.6 Å². The van der Waals surface area contributed by atoms with Crippen molar-refractivity contribution < 1.29 is 13.2 Å². The lowest BCUT2D eigenvalue weighted by Crippen LogP contribution is -2.32. The van der Waals surface area contributed by atoms with Crippen LogP contribution in [0.2, 0.25) is 5.02 Å². The number of benzene rings is 2. The minimum atomic E-state index is -3.69. The number of rotatable bonds is 5. The molecule has 0 atom stereocenters. The van der Waals surface area contributed by atoms with E-state index in [0.29, 0.717) is 24.1 Å². The number of nitrogens with zero attached hydrogens (tertiary/aromatic N) is 3. The van der Waals surface area contributed by atoms with Crippen molar-refractivity contribution >= 4 is 44.3 Å². The van der Waals surface area contributed by atoms with Crippen LogP contribution in [0.5, 0.6) is 0 Å². The summed E-state index contributed by atoms with van der Waals surface area (Å²) in [4.78, 5) is 29.2. The lowest BCUT2D eigenvalue weighted by Gasteiger charge is -2.20. The number of fused-ring (bicyclic) bond motifs is 1. The van der Waals surface area contributed by atoms with Crippen LogP contribution >= 0.6 is 11.6 Å². The van der Waals surface area contributed by atoms with Gasteiger partial charge >= 0.3 is 0 Å². The number of carbonyl (C=O) groups is 1. The summed E-state index contributed by atoms with van der Waals surface area (Å²) in [6.07, 6.45) is 4.83. The molecule has 1 N–H and O–H groups in total. The topological polar surface area (TPSA) is 101 Å². The van der Waals surface area contributed by atoms with Gasteiger partial charge in [0, 0.05) is 13.1 Å². The fourth-order valence-electron chi connectivity index (χ4n) is 3.80. The predicted molar refractivity (Wildman–Crippen MR) is 123 cm³/mol. The Kier molecular flexibility index (Phi) is 6.59. The van der Waals surface area contributed by atoms with E-state index in [1.807, 2.05) is 0 Å². The highest BCUT2D eigenvalue weighted by atomic mass is 35.5. The molecule has 1 amide bonds. The summed E-state index contributed by atoms with van der Waals surface area (Å²) in [6, 6.07) is 11.3. The molecule has 1 saturated heterocycles. The maximum absolute atomic E-state index is 13.1. The average Bonchev–Trinajstić information content (AvgIpc) is 3.07. The highest BCUT2D eigenvalue weighted by molar-refractivity contribution is 7.89. The zero-order valence-electron chi connectivity index (χ0n) is 17.3. The lowest BCUT2D eigenvalue weighted by molar-refractivity contribution is -0.116. The summed E-state index contributed by atoms with van der Waals surface area (Å²) >= 11 is 6.23. The molecule has 10 heteroatoms. The van der Waals surface area contributed by atoms with Gasteiger partial charge in [-0.1, -0.05) is 36.6 Å². The molecule has 168 valence electrons. The van der Waals surface area contributed by atoms with Gasteiger partial charge in [-0.2, -0.15) is 4.31 Å². The van der Waals surface area contributed by atoms with Gasteiger partial charge in [-0.15, -0.1) is 0 Å². The van der Waals surface area contributed by atoms with Crippen LogP contribution in [0.4, 0.5) is 5.69 Å². The standard InChI is InChI=1S/C22H23ClN4O4S/c23-17-10-9-16(32(30,31)26-11-5-1-2-6-12-26)13-19(17)25-21(28)15-27-20-8-4-3-7-18(20)24-14-22(27)29/h3-4,7-10,13-14H,1-2,5-6,11-12,15H2,(H,25,28). The molecular weight excluding hydrogens is 452 g/mol. The summed E-state index contributed by atoms with van der Waals surface area (Å²) in [5.41, 5.74) is 0.878. The van der Waals surface area contributed by atoms with Crippen molar-refractivity contribution in [3.63, 3.8) is 0 Å². The summed E-state index contributed by atoms with van der Waals surface area (Å²) in [7, 11) is -3.69. The van der Waals surface area contributed by atoms with Crippen molar-refractivity contribution in [2.24, 2.45) is 0 Å². The Labute approximate surface area is 190 Å². The number of sulfonamides is 1. The first kappa shape index (κ1) is 22.4. The Hall–Kier alpha value is -2.75. The SMILES string of the molecule is O=C(Cn1c(=O)cnc2ccccc21)Nc1cc(S(=O)(=O)N2CCCCCC2)ccc1Cl. The Morgan fingerprint density at radius 1 is 1.06 bits per heavy atom. The monoisotopic (exact) mass is 474 g/mol. The second-order valence-electron chi connectivity index (χ2n) is 7.68. The Morgan fingerprint density at radius 2 is 1.78 bits per heavy atom. The highest BCUT2D eigenvalue weighted by Crippen LogP contribution is 2.28. The van der Waals surface area contributed by atoms with Crippen LogP contribution in [0.3, 0.4) is 0 Å². The molecule has 2 aromatic carbocycles. The van der Waals surface area contributed by atoms with Crippen LogP contribution in [0.25, 0.3) is 11.0 Å². The minimum absolute atomic E-state index is 0.0747. The van der Waals surface area contributed by atoms with Crippen LogP contribution in [0.15, 0.2) is 58.4 Å². The molecular formula is C22H23ClN4O4S. The third kappa shape index (κ3) is 4.69. The number of para-hydroxylation sites is 2. The number of hydrogen-bond donors (Lipinski definition) is 1. The van der Waals surface area contributed by atoms with Gasteiger partial charge in [0.2, 0.25) is 15.9 Å². The summed E-state index contributed by atoms with van der Waals surface area (Å²) in [5.74, 6) is -0.505. The molecule has 32 heavy (non-hydrogen) atoms. The molecule has 3 aromatic rings. The number of anilines is 1.